The second-order valence-electron chi connectivity index (χ2n) is 2.28. The average Bonchev–Trinajstić information content (AvgIpc) is 1.85. The van der Waals surface area contributed by atoms with Gasteiger partial charge in [-0.25, -0.2) is 0 Å². The molecule has 60 valence electrons. The van der Waals surface area contributed by atoms with Gasteiger partial charge in [0.1, 0.15) is 11.9 Å². The number of rotatable bonds is 3. The van der Waals surface area contributed by atoms with Gasteiger partial charge in [-0.2, -0.15) is 5.10 Å². The van der Waals surface area contributed by atoms with Crippen LogP contribution in [0, 0.1) is 0 Å². The summed E-state index contributed by atoms with van der Waals surface area (Å²) in [5.41, 5.74) is 10.6. The second-order valence-corrected chi connectivity index (χ2v) is 2.28. The Morgan fingerprint density at radius 3 is 2.50 bits per heavy atom. The van der Waals surface area contributed by atoms with Gasteiger partial charge in [0, 0.05) is 6.04 Å². The van der Waals surface area contributed by atoms with E-state index in [9.17, 15) is 0 Å². The van der Waals surface area contributed by atoms with Crippen LogP contribution < -0.4 is 17.3 Å². The Labute approximate surface area is 59.9 Å². The van der Waals surface area contributed by atoms with Gasteiger partial charge in [-0.15, -0.1) is 0 Å². The third-order valence-corrected chi connectivity index (χ3v) is 1.09. The molecule has 0 fully saturated rings. The fraction of sp³-hybridized carbons (Fsp3) is 0.800. The standard InChI is InChI=1S/C5H14N4O/c1-3(6)2-4(10)5(7)9-8/h3-4,10H,2,6,8H2,1H3,(H2,7,9). The summed E-state index contributed by atoms with van der Waals surface area (Å²) in [5.74, 6) is 4.84. The lowest BCUT2D eigenvalue weighted by atomic mass is 10.1. The highest BCUT2D eigenvalue weighted by atomic mass is 16.3. The Morgan fingerprint density at radius 1 is 1.70 bits per heavy atom. The van der Waals surface area contributed by atoms with Gasteiger partial charge in [-0.3, -0.25) is 0 Å². The summed E-state index contributed by atoms with van der Waals surface area (Å²) in [5, 5.41) is 12.2. The van der Waals surface area contributed by atoms with Crippen molar-refractivity contribution >= 4 is 5.84 Å². The van der Waals surface area contributed by atoms with Crippen LogP contribution in [0.2, 0.25) is 0 Å². The minimum absolute atomic E-state index is 0.0253. The maximum absolute atomic E-state index is 9.07. The van der Waals surface area contributed by atoms with Crippen molar-refractivity contribution in [1.29, 1.82) is 0 Å². The predicted molar refractivity (Wildman–Crippen MR) is 40.1 cm³/mol. The van der Waals surface area contributed by atoms with Gasteiger partial charge in [0.25, 0.3) is 0 Å². The van der Waals surface area contributed by atoms with E-state index in [1.54, 1.807) is 6.92 Å². The van der Waals surface area contributed by atoms with Crippen molar-refractivity contribution in [3.8, 4) is 0 Å². The molecule has 10 heavy (non-hydrogen) atoms. The third-order valence-electron chi connectivity index (χ3n) is 1.09. The van der Waals surface area contributed by atoms with Crippen LogP contribution in [-0.2, 0) is 0 Å². The highest BCUT2D eigenvalue weighted by Crippen LogP contribution is 1.93. The molecule has 0 saturated carbocycles. The zero-order chi connectivity index (χ0) is 8.15. The fourth-order valence-electron chi connectivity index (χ4n) is 0.559. The second kappa shape index (κ2) is 4.08. The van der Waals surface area contributed by atoms with Crippen molar-refractivity contribution in [1.82, 2.24) is 0 Å². The van der Waals surface area contributed by atoms with Gasteiger partial charge < -0.3 is 22.4 Å². The molecule has 0 radical (unpaired) electrons. The molecule has 2 unspecified atom stereocenters. The summed E-state index contributed by atoms with van der Waals surface area (Å²) in [7, 11) is 0. The fourth-order valence-corrected chi connectivity index (χ4v) is 0.559. The Bertz CT molecular complexity index is 123. The van der Waals surface area contributed by atoms with Crippen molar-refractivity contribution in [3.63, 3.8) is 0 Å². The molecule has 0 bridgehead atoms. The van der Waals surface area contributed by atoms with Gasteiger partial charge in [-0.05, 0) is 13.3 Å². The first-order valence-corrected chi connectivity index (χ1v) is 3.04. The lowest BCUT2D eigenvalue weighted by Gasteiger charge is -2.10. The number of nitrogens with two attached hydrogens (primary N) is 3. The number of aliphatic hydroxyl groups excluding tert-OH is 1. The van der Waals surface area contributed by atoms with E-state index in [0.717, 1.165) is 0 Å². The molecule has 0 spiro atoms. The molecule has 2 atom stereocenters. The maximum atomic E-state index is 9.07. The SMILES string of the molecule is CC(N)CC(O)C(N)=NN. The van der Waals surface area contributed by atoms with E-state index >= 15 is 0 Å². The molecule has 0 aromatic rings. The number of aliphatic hydroxyl groups is 1. The maximum Gasteiger partial charge on any atom is 0.148 e. The van der Waals surface area contributed by atoms with Crippen LogP contribution >= 0.6 is 0 Å². The largest absolute Gasteiger partial charge is 0.385 e. The molecule has 5 heteroatoms. The van der Waals surface area contributed by atoms with Crippen molar-refractivity contribution in [2.45, 2.75) is 25.5 Å². The summed E-state index contributed by atoms with van der Waals surface area (Å²) in [6.45, 7) is 1.77. The van der Waals surface area contributed by atoms with E-state index in [4.69, 9.17) is 22.4 Å². The van der Waals surface area contributed by atoms with E-state index in [1.807, 2.05) is 0 Å². The first-order valence-electron chi connectivity index (χ1n) is 3.04. The van der Waals surface area contributed by atoms with E-state index < -0.39 is 6.10 Å². The molecule has 0 aromatic heterocycles. The van der Waals surface area contributed by atoms with E-state index in [2.05, 4.69) is 5.10 Å². The Kier molecular flexibility index (Phi) is 3.75. The Balaban J connectivity index is 3.73. The van der Waals surface area contributed by atoms with Crippen LogP contribution in [0.1, 0.15) is 13.3 Å². The molecule has 7 N–H and O–H groups in total. The third kappa shape index (κ3) is 3.26. The Hall–Kier alpha value is -0.810. The van der Waals surface area contributed by atoms with E-state index in [1.165, 1.54) is 0 Å². The molecular weight excluding hydrogens is 132 g/mol. The summed E-state index contributed by atoms with van der Waals surface area (Å²) >= 11 is 0. The molecule has 0 aromatic carbocycles. The first-order chi connectivity index (χ1) is 4.57. The van der Waals surface area contributed by atoms with Crippen LogP contribution in [0.4, 0.5) is 0 Å². The minimum Gasteiger partial charge on any atom is -0.385 e. The summed E-state index contributed by atoms with van der Waals surface area (Å²) < 4.78 is 0. The van der Waals surface area contributed by atoms with E-state index in [0.29, 0.717) is 6.42 Å². The zero-order valence-corrected chi connectivity index (χ0v) is 5.99. The van der Waals surface area contributed by atoms with Crippen LogP contribution in [-0.4, -0.2) is 23.1 Å². The monoisotopic (exact) mass is 146 g/mol. The quantitative estimate of drug-likeness (QED) is 0.165. The smallest absolute Gasteiger partial charge is 0.148 e. The summed E-state index contributed by atoms with van der Waals surface area (Å²) in [6, 6.07) is -0.102. The lowest BCUT2D eigenvalue weighted by molar-refractivity contribution is 0.221. The molecule has 0 rings (SSSR count). The van der Waals surface area contributed by atoms with Crippen molar-refractivity contribution in [2.24, 2.45) is 22.4 Å². The zero-order valence-electron chi connectivity index (χ0n) is 5.99. The topological polar surface area (TPSA) is 111 Å². The molecule has 0 aliphatic heterocycles. The van der Waals surface area contributed by atoms with Crippen LogP contribution in [0.25, 0.3) is 0 Å². The molecule has 0 aliphatic carbocycles. The average molecular weight is 146 g/mol. The molecule has 0 saturated heterocycles. The number of hydrogen-bond donors (Lipinski definition) is 4. The number of hydrazone groups is 1. The highest BCUT2D eigenvalue weighted by molar-refractivity contribution is 5.84. The molecule has 0 aliphatic rings. The van der Waals surface area contributed by atoms with Gasteiger partial charge in [-0.1, -0.05) is 0 Å². The van der Waals surface area contributed by atoms with Crippen molar-refractivity contribution in [2.75, 3.05) is 0 Å². The molecule has 5 nitrogen and oxygen atoms in total. The van der Waals surface area contributed by atoms with Crippen LogP contribution in [0.3, 0.4) is 0 Å². The van der Waals surface area contributed by atoms with E-state index in [-0.39, 0.29) is 11.9 Å². The van der Waals surface area contributed by atoms with Crippen LogP contribution in [0.5, 0.6) is 0 Å². The van der Waals surface area contributed by atoms with Gasteiger partial charge in [0.05, 0.1) is 0 Å². The lowest BCUT2D eigenvalue weighted by Crippen LogP contribution is -2.34. The van der Waals surface area contributed by atoms with Crippen LogP contribution in [0.15, 0.2) is 5.10 Å². The normalized spacial score (nSPS) is 18.5. The predicted octanol–water partition coefficient (Wildman–Crippen LogP) is -1.68. The molecule has 0 heterocycles. The minimum atomic E-state index is -0.815. The number of amidine groups is 1. The van der Waals surface area contributed by atoms with Gasteiger partial charge >= 0.3 is 0 Å². The highest BCUT2D eigenvalue weighted by Gasteiger charge is 2.10. The number of nitrogens with zero attached hydrogens (tertiary/aromatic N) is 1. The van der Waals surface area contributed by atoms with Crippen molar-refractivity contribution < 1.29 is 5.11 Å². The summed E-state index contributed by atoms with van der Waals surface area (Å²) in [6.07, 6.45) is -0.433. The Morgan fingerprint density at radius 2 is 2.20 bits per heavy atom. The van der Waals surface area contributed by atoms with Crippen molar-refractivity contribution in [3.05, 3.63) is 0 Å². The van der Waals surface area contributed by atoms with Gasteiger partial charge in [0.15, 0.2) is 0 Å². The molecular formula is C5H14N4O. The first kappa shape index (κ1) is 9.19. The number of hydrogen-bond acceptors (Lipinski definition) is 4. The summed E-state index contributed by atoms with van der Waals surface area (Å²) in [4.78, 5) is 0. The molecule has 0 amide bonds. The van der Waals surface area contributed by atoms with Gasteiger partial charge in [0.2, 0.25) is 0 Å².